The smallest absolute Gasteiger partial charge is 0.128 e. The Morgan fingerprint density at radius 1 is 1.29 bits per heavy atom. The summed E-state index contributed by atoms with van der Waals surface area (Å²) in [6.45, 7) is 1.86. The van der Waals surface area contributed by atoms with Gasteiger partial charge in [-0.1, -0.05) is 12.1 Å². The number of rotatable bonds is 3. The molecule has 0 radical (unpaired) electrons. The monoisotopic (exact) mass is 231 g/mol. The van der Waals surface area contributed by atoms with Crippen LogP contribution in [-0.2, 0) is 0 Å². The minimum atomic E-state index is -0.274. The van der Waals surface area contributed by atoms with E-state index in [2.05, 4.69) is 15.3 Å². The highest BCUT2D eigenvalue weighted by atomic mass is 19.1. The third-order valence-electron chi connectivity index (χ3n) is 2.63. The first-order valence-electron chi connectivity index (χ1n) is 5.41. The van der Waals surface area contributed by atoms with Gasteiger partial charge in [-0.25, -0.2) is 4.39 Å². The van der Waals surface area contributed by atoms with Crippen molar-refractivity contribution in [1.82, 2.24) is 15.3 Å². The molecule has 2 rings (SSSR count). The number of aromatic nitrogens is 2. The highest BCUT2D eigenvalue weighted by molar-refractivity contribution is 5.30. The molecule has 0 spiro atoms. The first-order valence-corrected chi connectivity index (χ1v) is 5.41. The Kier molecular flexibility index (Phi) is 3.44. The summed E-state index contributed by atoms with van der Waals surface area (Å²) in [5, 5.41) is 3.05. The Labute approximate surface area is 99.7 Å². The lowest BCUT2D eigenvalue weighted by Gasteiger charge is -2.16. The molecule has 1 unspecified atom stereocenters. The molecule has 88 valence electrons. The van der Waals surface area contributed by atoms with E-state index in [1.165, 1.54) is 6.07 Å². The molecule has 1 atom stereocenters. The molecule has 0 aliphatic rings. The summed E-state index contributed by atoms with van der Waals surface area (Å²) in [4.78, 5) is 8.20. The van der Waals surface area contributed by atoms with E-state index in [1.807, 2.05) is 13.0 Å². The average Bonchev–Trinajstić information content (AvgIpc) is 2.34. The van der Waals surface area contributed by atoms with E-state index in [0.717, 1.165) is 5.56 Å². The maximum Gasteiger partial charge on any atom is 0.128 e. The fourth-order valence-corrected chi connectivity index (χ4v) is 1.79. The van der Waals surface area contributed by atoms with E-state index < -0.39 is 0 Å². The minimum Gasteiger partial charge on any atom is -0.308 e. The summed E-state index contributed by atoms with van der Waals surface area (Å²) in [5.74, 6) is -0.227. The zero-order chi connectivity index (χ0) is 12.3. The second-order valence-corrected chi connectivity index (χ2v) is 3.88. The van der Waals surface area contributed by atoms with Crippen LogP contribution in [0, 0.1) is 12.7 Å². The van der Waals surface area contributed by atoms with E-state index in [0.29, 0.717) is 11.3 Å². The van der Waals surface area contributed by atoms with Gasteiger partial charge >= 0.3 is 0 Å². The molecule has 1 aromatic heterocycles. The zero-order valence-corrected chi connectivity index (χ0v) is 9.81. The Morgan fingerprint density at radius 3 is 2.71 bits per heavy atom. The molecule has 0 saturated carbocycles. The van der Waals surface area contributed by atoms with Crippen molar-refractivity contribution in [2.45, 2.75) is 13.0 Å². The second kappa shape index (κ2) is 5.01. The van der Waals surface area contributed by atoms with Crippen LogP contribution in [0.15, 0.2) is 36.8 Å². The lowest BCUT2D eigenvalue weighted by Crippen LogP contribution is -2.20. The van der Waals surface area contributed by atoms with Gasteiger partial charge in [0.2, 0.25) is 0 Å². The Morgan fingerprint density at radius 2 is 2.12 bits per heavy atom. The van der Waals surface area contributed by atoms with Crippen LogP contribution in [0.4, 0.5) is 4.39 Å². The largest absolute Gasteiger partial charge is 0.308 e. The average molecular weight is 231 g/mol. The van der Waals surface area contributed by atoms with Gasteiger partial charge in [-0.15, -0.1) is 0 Å². The van der Waals surface area contributed by atoms with Crippen LogP contribution in [0.3, 0.4) is 0 Å². The van der Waals surface area contributed by atoms with Crippen molar-refractivity contribution in [3.63, 3.8) is 0 Å². The summed E-state index contributed by atoms with van der Waals surface area (Å²) in [5.41, 5.74) is 2.19. The number of hydrogen-bond donors (Lipinski definition) is 1. The van der Waals surface area contributed by atoms with Crippen LogP contribution in [0.1, 0.15) is 22.9 Å². The fourth-order valence-electron chi connectivity index (χ4n) is 1.79. The number of nitrogens with one attached hydrogen (secondary N) is 1. The lowest BCUT2D eigenvalue weighted by molar-refractivity contribution is 0.568. The third kappa shape index (κ3) is 2.47. The molecule has 0 aliphatic carbocycles. The molecule has 1 N–H and O–H groups in total. The number of halogens is 1. The Bertz CT molecular complexity index is 499. The summed E-state index contributed by atoms with van der Waals surface area (Å²) in [7, 11) is 1.78. The van der Waals surface area contributed by atoms with Gasteiger partial charge in [0.1, 0.15) is 5.82 Å². The molecule has 0 fully saturated rings. The zero-order valence-electron chi connectivity index (χ0n) is 9.81. The topological polar surface area (TPSA) is 37.8 Å². The van der Waals surface area contributed by atoms with Crippen LogP contribution in [0.25, 0.3) is 0 Å². The van der Waals surface area contributed by atoms with E-state index in [4.69, 9.17) is 0 Å². The van der Waals surface area contributed by atoms with Crippen LogP contribution in [-0.4, -0.2) is 17.0 Å². The molecule has 17 heavy (non-hydrogen) atoms. The fraction of sp³-hybridized carbons (Fsp3) is 0.231. The van der Waals surface area contributed by atoms with Gasteiger partial charge in [0.05, 0.1) is 17.9 Å². The second-order valence-electron chi connectivity index (χ2n) is 3.88. The maximum absolute atomic E-state index is 13.9. The van der Waals surface area contributed by atoms with Gasteiger partial charge in [-0.3, -0.25) is 9.97 Å². The number of benzene rings is 1. The highest BCUT2D eigenvalue weighted by Gasteiger charge is 2.17. The van der Waals surface area contributed by atoms with E-state index >= 15 is 0 Å². The maximum atomic E-state index is 13.9. The molecule has 1 heterocycles. The van der Waals surface area contributed by atoms with Gasteiger partial charge in [-0.05, 0) is 25.6 Å². The van der Waals surface area contributed by atoms with E-state index in [-0.39, 0.29) is 11.9 Å². The molecule has 0 saturated heterocycles. The normalized spacial score (nSPS) is 12.4. The molecular weight excluding hydrogens is 217 g/mol. The van der Waals surface area contributed by atoms with Gasteiger partial charge in [0.25, 0.3) is 0 Å². The van der Waals surface area contributed by atoms with Crippen LogP contribution < -0.4 is 5.32 Å². The van der Waals surface area contributed by atoms with Crippen LogP contribution >= 0.6 is 0 Å². The predicted molar refractivity (Wildman–Crippen MR) is 64.1 cm³/mol. The molecule has 2 aromatic rings. The standard InChI is InChI=1S/C13H14FN3/c1-9-3-4-10(11(14)7-9)13(15-2)12-8-16-5-6-17-12/h3-8,13,15H,1-2H3. The number of hydrogen-bond acceptors (Lipinski definition) is 3. The number of aryl methyl sites for hydroxylation is 1. The van der Waals surface area contributed by atoms with Gasteiger partial charge < -0.3 is 5.32 Å². The van der Waals surface area contributed by atoms with Crippen molar-refractivity contribution in [2.24, 2.45) is 0 Å². The van der Waals surface area contributed by atoms with E-state index in [1.54, 1.807) is 31.7 Å². The van der Waals surface area contributed by atoms with Crippen molar-refractivity contribution in [1.29, 1.82) is 0 Å². The Hall–Kier alpha value is -1.81. The van der Waals surface area contributed by atoms with Crippen molar-refractivity contribution in [3.05, 3.63) is 59.4 Å². The molecule has 4 heteroatoms. The van der Waals surface area contributed by atoms with Crippen molar-refractivity contribution >= 4 is 0 Å². The summed E-state index contributed by atoms with van der Waals surface area (Å²) >= 11 is 0. The summed E-state index contributed by atoms with van der Waals surface area (Å²) in [6.07, 6.45) is 4.84. The summed E-state index contributed by atoms with van der Waals surface area (Å²) in [6, 6.07) is 4.92. The van der Waals surface area contributed by atoms with Crippen molar-refractivity contribution in [3.8, 4) is 0 Å². The quantitative estimate of drug-likeness (QED) is 0.880. The van der Waals surface area contributed by atoms with Gasteiger partial charge in [0.15, 0.2) is 0 Å². The van der Waals surface area contributed by atoms with Gasteiger partial charge in [-0.2, -0.15) is 0 Å². The van der Waals surface area contributed by atoms with Crippen molar-refractivity contribution < 1.29 is 4.39 Å². The molecule has 0 bridgehead atoms. The predicted octanol–water partition coefficient (Wildman–Crippen LogP) is 2.23. The minimum absolute atomic E-state index is 0.227. The summed E-state index contributed by atoms with van der Waals surface area (Å²) < 4.78 is 13.9. The first-order chi connectivity index (χ1) is 8.22. The third-order valence-corrected chi connectivity index (χ3v) is 2.63. The van der Waals surface area contributed by atoms with Gasteiger partial charge in [0, 0.05) is 18.0 Å². The lowest BCUT2D eigenvalue weighted by atomic mass is 10.0. The molecule has 0 aliphatic heterocycles. The van der Waals surface area contributed by atoms with Crippen LogP contribution in [0.2, 0.25) is 0 Å². The molecule has 3 nitrogen and oxygen atoms in total. The van der Waals surface area contributed by atoms with Crippen LogP contribution in [0.5, 0.6) is 0 Å². The number of nitrogens with zero attached hydrogens (tertiary/aromatic N) is 2. The molecule has 0 amide bonds. The van der Waals surface area contributed by atoms with Crippen molar-refractivity contribution in [2.75, 3.05) is 7.05 Å². The highest BCUT2D eigenvalue weighted by Crippen LogP contribution is 2.22. The van der Waals surface area contributed by atoms with E-state index in [9.17, 15) is 4.39 Å². The SMILES string of the molecule is CNC(c1cnccn1)c1ccc(C)cc1F. The molecule has 1 aromatic carbocycles. The molecular formula is C13H14FN3. The Balaban J connectivity index is 2.42. The first kappa shape index (κ1) is 11.7.